The summed E-state index contributed by atoms with van der Waals surface area (Å²) in [4.78, 5) is 36.2. The number of imidazole rings is 1. The van der Waals surface area contributed by atoms with Crippen LogP contribution >= 0.6 is 0 Å². The third-order valence-corrected chi connectivity index (χ3v) is 4.49. The van der Waals surface area contributed by atoms with Crippen LogP contribution < -0.4 is 16.2 Å². The lowest BCUT2D eigenvalue weighted by Gasteiger charge is -2.08. The molecule has 8 nitrogen and oxygen atoms in total. The number of hydrogen-bond donors (Lipinski definition) is 2. The minimum Gasteiger partial charge on any atom is -0.494 e. The Morgan fingerprint density at radius 3 is 2.41 bits per heavy atom. The van der Waals surface area contributed by atoms with Crippen molar-refractivity contribution in [2.45, 2.75) is 13.8 Å². The zero-order valence-corrected chi connectivity index (χ0v) is 16.0. The molecule has 3 N–H and O–H groups in total. The van der Waals surface area contributed by atoms with Crippen LogP contribution in [0.4, 0.5) is 0 Å². The number of carbonyl (C=O) groups is 1. The molecule has 2 heterocycles. The van der Waals surface area contributed by atoms with Crippen LogP contribution in [0.3, 0.4) is 0 Å². The van der Waals surface area contributed by atoms with Gasteiger partial charge >= 0.3 is 5.69 Å². The van der Waals surface area contributed by atoms with Crippen molar-refractivity contribution < 1.29 is 9.53 Å². The summed E-state index contributed by atoms with van der Waals surface area (Å²) in [5, 5.41) is 0. The average Bonchev–Trinajstić information content (AvgIpc) is 3.04. The number of fused-ring (bicyclic) bond motifs is 1. The number of nitrogens with zero attached hydrogens (tertiary/aromatic N) is 3. The van der Waals surface area contributed by atoms with Gasteiger partial charge in [-0.25, -0.2) is 19.3 Å². The molecule has 0 aliphatic heterocycles. The Kier molecular flexibility index (Phi) is 4.59. The normalized spacial score (nSPS) is 11.0. The number of nitrogens with one attached hydrogen (secondary N) is 1. The number of primary amides is 1. The minimum atomic E-state index is -0.748. The van der Waals surface area contributed by atoms with Crippen LogP contribution in [-0.4, -0.2) is 32.0 Å². The Morgan fingerprint density at radius 2 is 1.79 bits per heavy atom. The highest BCUT2D eigenvalue weighted by Crippen LogP contribution is 2.24. The van der Waals surface area contributed by atoms with Gasteiger partial charge in [-0.3, -0.25) is 4.79 Å². The Morgan fingerprint density at radius 1 is 1.10 bits per heavy atom. The van der Waals surface area contributed by atoms with Gasteiger partial charge in [0.15, 0.2) is 17.2 Å². The average molecular weight is 389 g/mol. The van der Waals surface area contributed by atoms with Crippen molar-refractivity contribution >= 4 is 17.1 Å². The van der Waals surface area contributed by atoms with E-state index < -0.39 is 11.6 Å². The quantitative estimate of drug-likeness (QED) is 0.544. The monoisotopic (exact) mass is 389 g/mol. The number of H-pyrrole nitrogens is 1. The number of amides is 1. The van der Waals surface area contributed by atoms with E-state index in [-0.39, 0.29) is 22.7 Å². The number of nitrogens with two attached hydrogens (primary N) is 1. The molecule has 0 aliphatic rings. The Hall–Kier alpha value is -3.94. The first-order valence-electron chi connectivity index (χ1n) is 9.10. The molecule has 146 valence electrons. The number of rotatable bonds is 5. The molecule has 0 saturated heterocycles. The summed E-state index contributed by atoms with van der Waals surface area (Å²) in [5.74, 6) is 0.252. The molecule has 4 rings (SSSR count). The highest BCUT2D eigenvalue weighted by atomic mass is 16.5. The van der Waals surface area contributed by atoms with Gasteiger partial charge in [-0.2, -0.15) is 0 Å². The summed E-state index contributed by atoms with van der Waals surface area (Å²) in [6, 6.07) is 14.6. The van der Waals surface area contributed by atoms with Gasteiger partial charge < -0.3 is 15.5 Å². The van der Waals surface area contributed by atoms with Crippen molar-refractivity contribution in [3.8, 4) is 22.8 Å². The van der Waals surface area contributed by atoms with Crippen LogP contribution in [0.25, 0.3) is 28.2 Å². The Labute approximate surface area is 166 Å². The molecule has 0 unspecified atom stereocenters. The van der Waals surface area contributed by atoms with Crippen molar-refractivity contribution in [3.63, 3.8) is 0 Å². The van der Waals surface area contributed by atoms with E-state index in [0.29, 0.717) is 23.6 Å². The molecule has 0 saturated carbocycles. The first kappa shape index (κ1) is 18.4. The maximum absolute atomic E-state index is 12.6. The summed E-state index contributed by atoms with van der Waals surface area (Å²) in [7, 11) is 0. The molecule has 0 atom stereocenters. The SMILES string of the molecule is CCOc1ccc(-c2nc(C(N)=O)c3[nH]c(=O)n(-c4ccc(C)cc4)c3n2)cc1. The van der Waals surface area contributed by atoms with Gasteiger partial charge in [-0.1, -0.05) is 17.7 Å². The fourth-order valence-corrected chi connectivity index (χ4v) is 3.09. The predicted octanol–water partition coefficient (Wildman–Crippen LogP) is 2.58. The van der Waals surface area contributed by atoms with Gasteiger partial charge in [0.2, 0.25) is 0 Å². The van der Waals surface area contributed by atoms with Gasteiger partial charge in [0.25, 0.3) is 5.91 Å². The smallest absolute Gasteiger partial charge is 0.332 e. The molecule has 4 aromatic rings. The number of aryl methyl sites for hydroxylation is 1. The zero-order chi connectivity index (χ0) is 20.5. The highest BCUT2D eigenvalue weighted by molar-refractivity contribution is 6.02. The van der Waals surface area contributed by atoms with Crippen LogP contribution in [0.5, 0.6) is 5.75 Å². The third kappa shape index (κ3) is 3.36. The second kappa shape index (κ2) is 7.23. The van der Waals surface area contributed by atoms with Crippen molar-refractivity contribution in [1.29, 1.82) is 0 Å². The summed E-state index contributed by atoms with van der Waals surface area (Å²) in [6.45, 7) is 4.42. The van der Waals surface area contributed by atoms with Crippen LogP contribution in [0.15, 0.2) is 53.3 Å². The van der Waals surface area contributed by atoms with Gasteiger partial charge in [-0.15, -0.1) is 0 Å². The van der Waals surface area contributed by atoms with Crippen LogP contribution in [0.2, 0.25) is 0 Å². The lowest BCUT2D eigenvalue weighted by molar-refractivity contribution is 0.0997. The van der Waals surface area contributed by atoms with Crippen LogP contribution in [-0.2, 0) is 0 Å². The van der Waals surface area contributed by atoms with E-state index >= 15 is 0 Å². The second-order valence-electron chi connectivity index (χ2n) is 6.52. The van der Waals surface area contributed by atoms with E-state index in [1.54, 1.807) is 24.3 Å². The first-order chi connectivity index (χ1) is 14.0. The van der Waals surface area contributed by atoms with Crippen molar-refractivity contribution in [2.75, 3.05) is 6.61 Å². The van der Waals surface area contributed by atoms with E-state index in [0.717, 1.165) is 5.56 Å². The summed E-state index contributed by atoms with van der Waals surface area (Å²) >= 11 is 0. The topological polar surface area (TPSA) is 116 Å². The van der Waals surface area contributed by atoms with E-state index in [1.807, 2.05) is 38.1 Å². The third-order valence-electron chi connectivity index (χ3n) is 4.49. The maximum Gasteiger partial charge on any atom is 0.332 e. The lowest BCUT2D eigenvalue weighted by atomic mass is 10.2. The maximum atomic E-state index is 12.6. The van der Waals surface area contributed by atoms with Crippen molar-refractivity contribution in [1.82, 2.24) is 19.5 Å². The van der Waals surface area contributed by atoms with E-state index in [1.165, 1.54) is 4.57 Å². The Balaban J connectivity index is 1.95. The molecule has 0 spiro atoms. The van der Waals surface area contributed by atoms with E-state index in [4.69, 9.17) is 10.5 Å². The molecule has 0 fully saturated rings. The lowest BCUT2D eigenvalue weighted by Crippen LogP contribution is -2.15. The molecular formula is C21H19N5O3. The molecule has 8 heteroatoms. The summed E-state index contributed by atoms with van der Waals surface area (Å²) < 4.78 is 6.86. The zero-order valence-electron chi connectivity index (χ0n) is 16.0. The van der Waals surface area contributed by atoms with Crippen LogP contribution in [0.1, 0.15) is 23.0 Å². The summed E-state index contributed by atoms with van der Waals surface area (Å²) in [6.07, 6.45) is 0. The molecule has 2 aromatic heterocycles. The molecule has 0 radical (unpaired) electrons. The number of hydrogen-bond acceptors (Lipinski definition) is 5. The fourth-order valence-electron chi connectivity index (χ4n) is 3.09. The molecule has 29 heavy (non-hydrogen) atoms. The number of ether oxygens (including phenoxy) is 1. The van der Waals surface area contributed by atoms with Gasteiger partial charge in [-0.05, 0) is 50.2 Å². The van der Waals surface area contributed by atoms with Gasteiger partial charge in [0.1, 0.15) is 11.3 Å². The minimum absolute atomic E-state index is 0.0400. The van der Waals surface area contributed by atoms with E-state index in [2.05, 4.69) is 15.0 Å². The number of benzene rings is 2. The molecule has 1 amide bonds. The molecule has 0 bridgehead atoms. The Bertz CT molecular complexity index is 1250. The molecule has 2 aromatic carbocycles. The number of carbonyl (C=O) groups excluding carboxylic acids is 1. The van der Waals surface area contributed by atoms with Crippen molar-refractivity contribution in [3.05, 3.63) is 70.3 Å². The number of aromatic amines is 1. The first-order valence-corrected chi connectivity index (χ1v) is 9.10. The van der Waals surface area contributed by atoms with Crippen LogP contribution in [0, 0.1) is 6.92 Å². The van der Waals surface area contributed by atoms with Gasteiger partial charge in [0, 0.05) is 5.56 Å². The molecular weight excluding hydrogens is 370 g/mol. The second-order valence-corrected chi connectivity index (χ2v) is 6.52. The highest BCUT2D eigenvalue weighted by Gasteiger charge is 2.20. The summed E-state index contributed by atoms with van der Waals surface area (Å²) in [5.41, 5.74) is 7.90. The van der Waals surface area contributed by atoms with Crippen molar-refractivity contribution in [2.24, 2.45) is 5.73 Å². The van der Waals surface area contributed by atoms with Gasteiger partial charge in [0.05, 0.1) is 12.3 Å². The standard InChI is InChI=1S/C21H19N5O3/c1-3-29-15-10-6-13(7-11-15)19-23-16(18(22)27)17-20(25-19)26(21(28)24-17)14-8-4-12(2)5-9-14/h4-11H,3H2,1-2H3,(H2,22,27)(H,24,28). The molecule has 0 aliphatic carbocycles. The van der Waals surface area contributed by atoms with E-state index in [9.17, 15) is 9.59 Å². The predicted molar refractivity (Wildman–Crippen MR) is 109 cm³/mol. The number of aromatic nitrogens is 4. The fraction of sp³-hybridized carbons (Fsp3) is 0.143. The largest absolute Gasteiger partial charge is 0.494 e.